The number of nitrogens with zero attached hydrogens (tertiary/aromatic N) is 5. The van der Waals surface area contributed by atoms with E-state index in [2.05, 4.69) is 41.7 Å². The van der Waals surface area contributed by atoms with Gasteiger partial charge in [-0.2, -0.15) is 15.4 Å². The molecule has 1 unspecified atom stereocenters. The van der Waals surface area contributed by atoms with Gasteiger partial charge >= 0.3 is 0 Å². The average Bonchev–Trinajstić information content (AvgIpc) is 2.75. The van der Waals surface area contributed by atoms with Crippen LogP contribution >= 0.6 is 15.9 Å². The van der Waals surface area contributed by atoms with Crippen LogP contribution in [0.15, 0.2) is 10.8 Å². The van der Waals surface area contributed by atoms with Crippen LogP contribution in [0.2, 0.25) is 0 Å². The molecule has 0 radical (unpaired) electrons. The third-order valence-corrected chi connectivity index (χ3v) is 2.44. The molecule has 0 aliphatic heterocycles. The van der Waals surface area contributed by atoms with Crippen molar-refractivity contribution < 1.29 is 0 Å². The smallest absolute Gasteiger partial charge is 0.153 e. The van der Waals surface area contributed by atoms with Crippen LogP contribution in [0.4, 0.5) is 0 Å². The molecule has 2 heterocycles. The van der Waals surface area contributed by atoms with Gasteiger partial charge in [-0.25, -0.2) is 4.68 Å². The summed E-state index contributed by atoms with van der Waals surface area (Å²) in [4.78, 5) is 0. The first-order valence-corrected chi connectivity index (χ1v) is 4.65. The van der Waals surface area contributed by atoms with Gasteiger partial charge in [-0.05, 0) is 15.9 Å². The number of halogens is 1. The fourth-order valence-electron chi connectivity index (χ4n) is 1.17. The Bertz CT molecular complexity index is 400. The topological polar surface area (TPSA) is 98.3 Å². The van der Waals surface area contributed by atoms with Crippen molar-refractivity contribution in [1.29, 1.82) is 0 Å². The van der Waals surface area contributed by atoms with Crippen LogP contribution in [0.1, 0.15) is 17.4 Å². The van der Waals surface area contributed by atoms with Crippen molar-refractivity contribution in [2.24, 2.45) is 12.8 Å². The second-order valence-electron chi connectivity index (χ2n) is 2.76. The molecule has 0 aromatic carbocycles. The molecule has 74 valence electrons. The molecule has 0 saturated heterocycles. The molecule has 2 rings (SSSR count). The van der Waals surface area contributed by atoms with E-state index in [-0.39, 0.29) is 6.04 Å². The van der Waals surface area contributed by atoms with Crippen molar-refractivity contribution in [3.05, 3.63) is 22.2 Å². The van der Waals surface area contributed by atoms with E-state index in [9.17, 15) is 0 Å². The number of hydrogen-bond donors (Lipinski definition) is 2. The number of aromatic nitrogens is 6. The fraction of sp³-hybridized carbons (Fsp3) is 0.333. The van der Waals surface area contributed by atoms with Gasteiger partial charge in [0.05, 0.1) is 17.9 Å². The van der Waals surface area contributed by atoms with Crippen LogP contribution in [0, 0.1) is 0 Å². The van der Waals surface area contributed by atoms with Crippen LogP contribution < -0.4 is 5.73 Å². The molecular formula is C6H8BrN7. The highest BCUT2D eigenvalue weighted by molar-refractivity contribution is 9.10. The van der Waals surface area contributed by atoms with Crippen molar-refractivity contribution in [2.75, 3.05) is 0 Å². The first-order valence-electron chi connectivity index (χ1n) is 3.86. The van der Waals surface area contributed by atoms with E-state index in [1.165, 1.54) is 0 Å². The van der Waals surface area contributed by atoms with Crippen molar-refractivity contribution in [2.45, 2.75) is 6.04 Å². The summed E-state index contributed by atoms with van der Waals surface area (Å²) in [6.45, 7) is 0. The molecule has 0 amide bonds. The minimum absolute atomic E-state index is 0.386. The van der Waals surface area contributed by atoms with Crippen LogP contribution in [0.3, 0.4) is 0 Å². The lowest BCUT2D eigenvalue weighted by Gasteiger charge is -2.07. The number of hydrogen-bond acceptors (Lipinski definition) is 5. The van der Waals surface area contributed by atoms with E-state index >= 15 is 0 Å². The Kier molecular flexibility index (Phi) is 2.30. The lowest BCUT2D eigenvalue weighted by atomic mass is 10.2. The minimum Gasteiger partial charge on any atom is -0.318 e. The van der Waals surface area contributed by atoms with Crippen molar-refractivity contribution in [3.63, 3.8) is 0 Å². The monoisotopic (exact) mass is 257 g/mol. The van der Waals surface area contributed by atoms with Gasteiger partial charge in [0.1, 0.15) is 5.69 Å². The summed E-state index contributed by atoms with van der Waals surface area (Å²) in [5.41, 5.74) is 7.37. The van der Waals surface area contributed by atoms with E-state index in [0.29, 0.717) is 10.3 Å². The van der Waals surface area contributed by atoms with Crippen molar-refractivity contribution >= 4 is 15.9 Å². The molecular weight excluding hydrogens is 250 g/mol. The molecule has 7 nitrogen and oxygen atoms in total. The number of rotatable bonds is 2. The Morgan fingerprint density at radius 1 is 1.64 bits per heavy atom. The predicted octanol–water partition coefficient (Wildman–Crippen LogP) is -0.256. The van der Waals surface area contributed by atoms with E-state index in [1.807, 2.05) is 0 Å². The quantitative estimate of drug-likeness (QED) is 0.773. The molecule has 0 aliphatic rings. The zero-order valence-electron chi connectivity index (χ0n) is 7.35. The van der Waals surface area contributed by atoms with Crippen molar-refractivity contribution in [1.82, 2.24) is 30.4 Å². The Balaban J connectivity index is 2.41. The second-order valence-corrected chi connectivity index (χ2v) is 3.51. The summed E-state index contributed by atoms with van der Waals surface area (Å²) in [6, 6.07) is -0.386. The maximum Gasteiger partial charge on any atom is 0.153 e. The molecule has 0 saturated carbocycles. The van der Waals surface area contributed by atoms with Crippen molar-refractivity contribution in [3.8, 4) is 0 Å². The molecule has 3 N–H and O–H groups in total. The van der Waals surface area contributed by atoms with E-state index in [0.717, 1.165) is 5.69 Å². The molecule has 14 heavy (non-hydrogen) atoms. The summed E-state index contributed by atoms with van der Waals surface area (Å²) in [6.07, 6.45) is 1.57. The number of nitrogens with one attached hydrogen (secondary N) is 1. The SMILES string of the molecule is Cn1nnc(Br)c1C(N)c1cn[nH]n1. The summed E-state index contributed by atoms with van der Waals surface area (Å²) >= 11 is 3.27. The maximum absolute atomic E-state index is 5.95. The first-order chi connectivity index (χ1) is 6.70. The molecule has 8 heteroatoms. The number of aryl methyl sites for hydroxylation is 1. The van der Waals surface area contributed by atoms with Gasteiger partial charge in [0.25, 0.3) is 0 Å². The lowest BCUT2D eigenvalue weighted by Crippen LogP contribution is -2.16. The Hall–Kier alpha value is -1.28. The molecule has 2 aromatic rings. The molecule has 0 spiro atoms. The zero-order chi connectivity index (χ0) is 10.1. The Labute approximate surface area is 87.8 Å². The molecule has 1 atom stereocenters. The second kappa shape index (κ2) is 3.46. The number of nitrogens with two attached hydrogens (primary N) is 1. The Morgan fingerprint density at radius 2 is 2.43 bits per heavy atom. The van der Waals surface area contributed by atoms with Gasteiger partial charge in [-0.3, -0.25) is 0 Å². The molecule has 0 bridgehead atoms. The van der Waals surface area contributed by atoms with Gasteiger partial charge < -0.3 is 5.73 Å². The van der Waals surface area contributed by atoms with Gasteiger partial charge in [0.15, 0.2) is 4.60 Å². The summed E-state index contributed by atoms with van der Waals surface area (Å²) < 4.78 is 2.22. The van der Waals surface area contributed by atoms with Gasteiger partial charge in [-0.15, -0.1) is 5.10 Å². The van der Waals surface area contributed by atoms with E-state index < -0.39 is 0 Å². The lowest BCUT2D eigenvalue weighted by molar-refractivity contribution is 0.643. The fourth-order valence-corrected chi connectivity index (χ4v) is 1.74. The number of H-pyrrole nitrogens is 1. The minimum atomic E-state index is -0.386. The van der Waals surface area contributed by atoms with Crippen LogP contribution in [0.5, 0.6) is 0 Å². The Morgan fingerprint density at radius 3 is 2.93 bits per heavy atom. The summed E-state index contributed by atoms with van der Waals surface area (Å²) in [5.74, 6) is 0. The third-order valence-electron chi connectivity index (χ3n) is 1.87. The van der Waals surface area contributed by atoms with Gasteiger partial charge in [0, 0.05) is 7.05 Å². The molecule has 0 aliphatic carbocycles. The standard InChI is InChI=1S/C6H8BrN7/c1-14-5(6(7)11-13-14)4(8)3-2-9-12-10-3/h2,4H,8H2,1H3,(H,9,10,12). The molecule has 0 fully saturated rings. The highest BCUT2D eigenvalue weighted by atomic mass is 79.9. The number of aromatic amines is 1. The zero-order valence-corrected chi connectivity index (χ0v) is 8.93. The highest BCUT2D eigenvalue weighted by Gasteiger charge is 2.19. The summed E-state index contributed by atoms with van der Waals surface area (Å²) in [7, 11) is 1.77. The van der Waals surface area contributed by atoms with Gasteiger partial charge in [-0.1, -0.05) is 5.21 Å². The van der Waals surface area contributed by atoms with Crippen LogP contribution in [-0.2, 0) is 7.05 Å². The summed E-state index contributed by atoms with van der Waals surface area (Å²) in [5, 5.41) is 17.8. The largest absolute Gasteiger partial charge is 0.318 e. The highest BCUT2D eigenvalue weighted by Crippen LogP contribution is 2.22. The molecule has 2 aromatic heterocycles. The van der Waals surface area contributed by atoms with E-state index in [4.69, 9.17) is 5.73 Å². The normalized spacial score (nSPS) is 13.1. The first kappa shape index (κ1) is 9.28. The predicted molar refractivity (Wildman–Crippen MR) is 51.1 cm³/mol. The van der Waals surface area contributed by atoms with Crippen LogP contribution in [-0.4, -0.2) is 30.4 Å². The average molecular weight is 258 g/mol. The van der Waals surface area contributed by atoms with Gasteiger partial charge in [0.2, 0.25) is 0 Å². The van der Waals surface area contributed by atoms with E-state index in [1.54, 1.807) is 17.9 Å². The maximum atomic E-state index is 5.95. The third kappa shape index (κ3) is 1.42. The van der Waals surface area contributed by atoms with Crippen LogP contribution in [0.25, 0.3) is 0 Å².